The summed E-state index contributed by atoms with van der Waals surface area (Å²) in [6.07, 6.45) is 0. The lowest BCUT2D eigenvalue weighted by atomic mass is 10.5. The molecule has 0 spiro atoms. The highest BCUT2D eigenvalue weighted by Crippen LogP contribution is 2.32. The van der Waals surface area contributed by atoms with Gasteiger partial charge in [-0.25, -0.2) is 0 Å². The van der Waals surface area contributed by atoms with Gasteiger partial charge in [-0.3, -0.25) is 0 Å². The van der Waals surface area contributed by atoms with Crippen LogP contribution in [0.25, 0.3) is 0 Å². The molecule has 0 fully saturated rings. The van der Waals surface area contributed by atoms with Gasteiger partial charge in [-0.2, -0.15) is 0 Å². The van der Waals surface area contributed by atoms with Gasteiger partial charge in [0.1, 0.15) is 9.28 Å². The Balaban J connectivity index is 3.34. The molecule has 0 aromatic heterocycles. The highest BCUT2D eigenvalue weighted by molar-refractivity contribution is 14.2. The van der Waals surface area contributed by atoms with Gasteiger partial charge in [0.05, 0.1) is 0 Å². The van der Waals surface area contributed by atoms with Crippen molar-refractivity contribution in [3.8, 4) is 0 Å². The van der Waals surface area contributed by atoms with Gasteiger partial charge in [-0.05, 0) is 0 Å². The SMILES string of the molecule is C=IC1=C(N)[N+](N)(N)C(N)=C1N. The zero-order chi connectivity index (χ0) is 9.52. The fourth-order valence-electron chi connectivity index (χ4n) is 0.882. The van der Waals surface area contributed by atoms with Crippen LogP contribution in [-0.2, 0) is 0 Å². The first-order chi connectivity index (χ1) is 5.42. The predicted molar refractivity (Wildman–Crippen MR) is 56.4 cm³/mol. The lowest BCUT2D eigenvalue weighted by molar-refractivity contribution is -0.878. The molecule has 0 aromatic rings. The molecule has 68 valence electrons. The lowest BCUT2D eigenvalue weighted by Gasteiger charge is -2.20. The van der Waals surface area contributed by atoms with Gasteiger partial charge in [0.15, 0.2) is 0 Å². The van der Waals surface area contributed by atoms with E-state index in [1.54, 1.807) is 0 Å². The third-order valence-electron chi connectivity index (χ3n) is 1.67. The number of hydrogen-bond donors (Lipinski definition) is 5. The van der Waals surface area contributed by atoms with E-state index in [1.807, 2.05) is 0 Å². The molecule has 0 radical (unpaired) electrons. The highest BCUT2D eigenvalue weighted by Gasteiger charge is 2.40. The molecular formula is C5H12IN6+. The van der Waals surface area contributed by atoms with Crippen LogP contribution in [0.15, 0.2) is 20.9 Å². The van der Waals surface area contributed by atoms with E-state index in [1.165, 1.54) is 0 Å². The molecule has 1 rings (SSSR count). The maximum Gasteiger partial charge on any atom is 0.269 e. The van der Waals surface area contributed by atoms with Crippen LogP contribution < -0.4 is 28.9 Å². The first-order valence-electron chi connectivity index (χ1n) is 3.04. The number of allylic oxidation sites excluding steroid dienone is 1. The topological polar surface area (TPSA) is 130 Å². The molecular weight excluding hydrogens is 271 g/mol. The molecule has 0 atom stereocenters. The minimum Gasteiger partial charge on any atom is -0.391 e. The van der Waals surface area contributed by atoms with Gasteiger partial charge >= 0.3 is 0 Å². The summed E-state index contributed by atoms with van der Waals surface area (Å²) in [7, 11) is 0. The second-order valence-corrected chi connectivity index (χ2v) is 4.25. The first-order valence-corrected chi connectivity index (χ1v) is 5.64. The minimum atomic E-state index is -0.615. The molecule has 0 saturated heterocycles. The quantitative estimate of drug-likeness (QED) is 0.220. The summed E-state index contributed by atoms with van der Waals surface area (Å²) in [5.74, 6) is 11.6. The average Bonchev–Trinajstić information content (AvgIpc) is 2.15. The zero-order valence-corrected chi connectivity index (χ0v) is 8.58. The number of quaternary nitrogens is 1. The number of hydrogen-bond acceptors (Lipinski definition) is 5. The zero-order valence-electron chi connectivity index (χ0n) is 6.42. The molecule has 1 aliphatic rings. The van der Waals surface area contributed by atoms with E-state index in [-0.39, 0.29) is 5.82 Å². The van der Waals surface area contributed by atoms with Gasteiger partial charge in [0.2, 0.25) is 0 Å². The summed E-state index contributed by atoms with van der Waals surface area (Å²) >= 11 is -0.497. The molecule has 1 aliphatic heterocycles. The van der Waals surface area contributed by atoms with Gasteiger partial charge in [0.25, 0.3) is 11.6 Å². The summed E-state index contributed by atoms with van der Waals surface area (Å²) in [4.78, 5) is 0. The Morgan fingerprint density at radius 3 is 1.75 bits per heavy atom. The van der Waals surface area contributed by atoms with Gasteiger partial charge in [-0.15, -0.1) is 11.7 Å². The van der Waals surface area contributed by atoms with E-state index in [0.717, 1.165) is 3.58 Å². The Morgan fingerprint density at radius 1 is 1.08 bits per heavy atom. The molecule has 0 saturated carbocycles. The fraction of sp³-hybridized carbons (Fsp3) is 0. The van der Waals surface area contributed by atoms with Crippen LogP contribution in [0.5, 0.6) is 0 Å². The molecule has 0 unspecified atom stereocenters. The van der Waals surface area contributed by atoms with Gasteiger partial charge in [-0.1, -0.05) is 29.9 Å². The Bertz CT molecular complexity index is 301. The largest absolute Gasteiger partial charge is 0.391 e. The number of nitrogens with zero attached hydrogens (tertiary/aromatic N) is 1. The summed E-state index contributed by atoms with van der Waals surface area (Å²) in [5.41, 5.74) is 17.2. The molecule has 0 amide bonds. The highest BCUT2D eigenvalue weighted by atomic mass is 127. The second-order valence-electron chi connectivity index (χ2n) is 2.41. The Morgan fingerprint density at radius 2 is 1.58 bits per heavy atom. The maximum absolute atomic E-state index is 5.64. The number of rotatable bonds is 1. The molecule has 12 heavy (non-hydrogen) atoms. The smallest absolute Gasteiger partial charge is 0.269 e. The average molecular weight is 283 g/mol. The normalized spacial score (nSPS) is 22.2. The van der Waals surface area contributed by atoms with Crippen LogP contribution in [-0.4, -0.2) is 9.22 Å². The van der Waals surface area contributed by atoms with Gasteiger partial charge < -0.3 is 17.2 Å². The van der Waals surface area contributed by atoms with Crippen molar-refractivity contribution in [1.82, 2.24) is 0 Å². The fourth-order valence-corrected chi connectivity index (χ4v) is 2.36. The van der Waals surface area contributed by atoms with Crippen molar-refractivity contribution < 1.29 is 4.70 Å². The molecule has 7 heteroatoms. The molecule has 0 aromatic carbocycles. The molecule has 0 bridgehead atoms. The lowest BCUT2D eigenvalue weighted by Crippen LogP contribution is -2.61. The van der Waals surface area contributed by atoms with Crippen LogP contribution in [0.3, 0.4) is 0 Å². The van der Waals surface area contributed by atoms with Crippen LogP contribution in [0, 0.1) is 0 Å². The van der Waals surface area contributed by atoms with E-state index in [0.29, 0.717) is 11.5 Å². The van der Waals surface area contributed by atoms with Crippen LogP contribution in [0.1, 0.15) is 0 Å². The van der Waals surface area contributed by atoms with Crippen molar-refractivity contribution in [3.05, 3.63) is 20.9 Å². The predicted octanol–water partition coefficient (Wildman–Crippen LogP) is -1.82. The summed E-state index contributed by atoms with van der Waals surface area (Å²) in [6.45, 7) is 0. The third kappa shape index (κ3) is 1.02. The Kier molecular flexibility index (Phi) is 2.12. The van der Waals surface area contributed by atoms with Crippen LogP contribution >= 0.6 is 20.7 Å². The van der Waals surface area contributed by atoms with Crippen molar-refractivity contribution in [2.24, 2.45) is 28.9 Å². The van der Waals surface area contributed by atoms with E-state index in [9.17, 15) is 0 Å². The van der Waals surface area contributed by atoms with E-state index in [4.69, 9.17) is 28.9 Å². The van der Waals surface area contributed by atoms with Crippen molar-refractivity contribution >= 4 is 25.2 Å². The van der Waals surface area contributed by atoms with Crippen LogP contribution in [0.4, 0.5) is 0 Å². The van der Waals surface area contributed by atoms with Crippen molar-refractivity contribution in [3.63, 3.8) is 0 Å². The van der Waals surface area contributed by atoms with E-state index >= 15 is 0 Å². The first kappa shape index (κ1) is 9.45. The second kappa shape index (κ2) is 2.69. The molecule has 1 heterocycles. The van der Waals surface area contributed by atoms with Crippen molar-refractivity contribution in [2.45, 2.75) is 0 Å². The maximum atomic E-state index is 5.64. The van der Waals surface area contributed by atoms with Crippen molar-refractivity contribution in [2.75, 3.05) is 0 Å². The number of halogens is 1. The summed E-state index contributed by atoms with van der Waals surface area (Å²) in [6, 6.07) is 0. The van der Waals surface area contributed by atoms with Crippen molar-refractivity contribution in [1.29, 1.82) is 0 Å². The minimum absolute atomic E-state index is 0.186. The summed E-state index contributed by atoms with van der Waals surface area (Å²) in [5, 5.41) is 0. The Labute approximate surface area is 79.9 Å². The Hall–Kier alpha value is -0.640. The molecule has 6 nitrogen and oxygen atoms in total. The van der Waals surface area contributed by atoms with E-state index in [2.05, 4.69) is 4.51 Å². The molecule has 0 aliphatic carbocycles. The summed E-state index contributed by atoms with van der Waals surface area (Å²) < 4.78 is 3.87. The standard InChI is InChI=1S/C5H12IN6/c1-6-2-3(7)5(9)12(10,11)4(2)8/h1,7-11H2/q+1. The molecule has 10 N–H and O–H groups in total. The third-order valence-corrected chi connectivity index (χ3v) is 3.56. The monoisotopic (exact) mass is 283 g/mol. The van der Waals surface area contributed by atoms with Crippen LogP contribution in [0.2, 0.25) is 0 Å². The van der Waals surface area contributed by atoms with Gasteiger partial charge in [0, 0.05) is 0 Å². The van der Waals surface area contributed by atoms with E-state index < -0.39 is 25.4 Å². The number of nitrogens with two attached hydrogens (primary N) is 5.